The van der Waals surface area contributed by atoms with Gasteiger partial charge in [0.2, 0.25) is 5.91 Å². The van der Waals surface area contributed by atoms with Gasteiger partial charge in [-0.1, -0.05) is 12.1 Å². The minimum atomic E-state index is -0.263. The molecule has 1 aromatic carbocycles. The van der Waals surface area contributed by atoms with Crippen LogP contribution in [0, 0.1) is 0 Å². The van der Waals surface area contributed by atoms with E-state index in [9.17, 15) is 4.79 Å². The molecular formula is C15H18N4O2. The number of rotatable bonds is 6. The molecule has 0 radical (unpaired) electrons. The highest BCUT2D eigenvalue weighted by molar-refractivity contribution is 5.91. The van der Waals surface area contributed by atoms with Crippen molar-refractivity contribution in [1.82, 2.24) is 4.98 Å². The van der Waals surface area contributed by atoms with Crippen molar-refractivity contribution in [2.24, 2.45) is 5.73 Å². The van der Waals surface area contributed by atoms with Gasteiger partial charge in [-0.15, -0.1) is 0 Å². The predicted octanol–water partition coefficient (Wildman–Crippen LogP) is 1.60. The summed E-state index contributed by atoms with van der Waals surface area (Å²) < 4.78 is 5.11. The number of nitrogens with one attached hydrogen (secondary N) is 2. The van der Waals surface area contributed by atoms with Gasteiger partial charge in [-0.3, -0.25) is 4.79 Å². The lowest BCUT2D eigenvalue weighted by Gasteiger charge is -2.08. The van der Waals surface area contributed by atoms with Crippen molar-refractivity contribution in [3.63, 3.8) is 0 Å². The number of nitrogens with zero attached hydrogens (tertiary/aromatic N) is 1. The molecule has 0 saturated carbocycles. The summed E-state index contributed by atoms with van der Waals surface area (Å²) in [5.74, 6) is 1.06. The van der Waals surface area contributed by atoms with Gasteiger partial charge in [0.05, 0.1) is 25.5 Å². The van der Waals surface area contributed by atoms with Crippen LogP contribution in [0.25, 0.3) is 0 Å². The number of anilines is 2. The number of hydrogen-bond donors (Lipinski definition) is 3. The van der Waals surface area contributed by atoms with Crippen LogP contribution in [0.5, 0.6) is 5.75 Å². The van der Waals surface area contributed by atoms with Crippen LogP contribution in [0.2, 0.25) is 0 Å². The molecule has 6 nitrogen and oxygen atoms in total. The van der Waals surface area contributed by atoms with Crippen LogP contribution in [-0.4, -0.2) is 24.5 Å². The highest BCUT2D eigenvalue weighted by Crippen LogP contribution is 2.14. The zero-order valence-electron chi connectivity index (χ0n) is 11.8. The minimum Gasteiger partial charge on any atom is -0.497 e. The standard InChI is InChI=1S/C15H18N4O2/c1-21-13-5-2-11(3-6-13)9-17-12-4-7-14(18-10-12)19-15(20)8-16/h2-7,10,17H,8-9,16H2,1H3,(H,18,19,20). The average molecular weight is 286 g/mol. The number of nitrogens with two attached hydrogens (primary N) is 1. The fraction of sp³-hybridized carbons (Fsp3) is 0.200. The number of aromatic nitrogens is 1. The third-order valence-corrected chi connectivity index (χ3v) is 2.87. The summed E-state index contributed by atoms with van der Waals surface area (Å²) in [6.07, 6.45) is 1.66. The normalized spacial score (nSPS) is 10.0. The number of carbonyl (C=O) groups is 1. The van der Waals surface area contributed by atoms with E-state index in [1.54, 1.807) is 19.4 Å². The number of ether oxygens (including phenoxy) is 1. The third kappa shape index (κ3) is 4.47. The summed E-state index contributed by atoms with van der Waals surface area (Å²) >= 11 is 0. The van der Waals surface area contributed by atoms with Crippen LogP contribution >= 0.6 is 0 Å². The van der Waals surface area contributed by atoms with Crippen molar-refractivity contribution in [3.05, 3.63) is 48.2 Å². The smallest absolute Gasteiger partial charge is 0.239 e. The summed E-state index contributed by atoms with van der Waals surface area (Å²) in [4.78, 5) is 15.3. The Morgan fingerprint density at radius 1 is 1.24 bits per heavy atom. The van der Waals surface area contributed by atoms with Gasteiger partial charge in [0.25, 0.3) is 0 Å². The first kappa shape index (κ1) is 14.8. The largest absolute Gasteiger partial charge is 0.497 e. The zero-order chi connectivity index (χ0) is 15.1. The molecule has 0 fully saturated rings. The van der Waals surface area contributed by atoms with Crippen LogP contribution in [0.1, 0.15) is 5.56 Å². The number of pyridine rings is 1. The first-order chi connectivity index (χ1) is 10.2. The monoisotopic (exact) mass is 286 g/mol. The SMILES string of the molecule is COc1ccc(CNc2ccc(NC(=O)CN)nc2)cc1. The Balaban J connectivity index is 1.89. The third-order valence-electron chi connectivity index (χ3n) is 2.87. The van der Waals surface area contributed by atoms with E-state index in [-0.39, 0.29) is 12.5 Å². The summed E-state index contributed by atoms with van der Waals surface area (Å²) in [5.41, 5.74) is 7.23. The lowest BCUT2D eigenvalue weighted by molar-refractivity contribution is -0.114. The van der Waals surface area contributed by atoms with Crippen molar-refractivity contribution in [2.45, 2.75) is 6.54 Å². The fourth-order valence-corrected chi connectivity index (χ4v) is 1.71. The van der Waals surface area contributed by atoms with Gasteiger partial charge < -0.3 is 21.1 Å². The second-order valence-corrected chi connectivity index (χ2v) is 4.39. The molecule has 21 heavy (non-hydrogen) atoms. The number of benzene rings is 1. The second kappa shape index (κ2) is 7.25. The van der Waals surface area contributed by atoms with Gasteiger partial charge in [-0.25, -0.2) is 4.98 Å². The number of hydrogen-bond acceptors (Lipinski definition) is 5. The minimum absolute atomic E-state index is 0.0564. The molecule has 0 atom stereocenters. The van der Waals surface area contributed by atoms with Crippen LogP contribution < -0.4 is 21.1 Å². The Hall–Kier alpha value is -2.60. The molecule has 0 unspecified atom stereocenters. The molecular weight excluding hydrogens is 268 g/mol. The lowest BCUT2D eigenvalue weighted by atomic mass is 10.2. The Kier molecular flexibility index (Phi) is 5.11. The quantitative estimate of drug-likeness (QED) is 0.750. The van der Waals surface area contributed by atoms with Gasteiger partial charge in [-0.2, -0.15) is 0 Å². The Bertz CT molecular complexity index is 582. The number of methoxy groups -OCH3 is 1. The van der Waals surface area contributed by atoms with Gasteiger partial charge >= 0.3 is 0 Å². The molecule has 0 aliphatic rings. The highest BCUT2D eigenvalue weighted by atomic mass is 16.5. The van der Waals surface area contributed by atoms with E-state index >= 15 is 0 Å². The molecule has 2 aromatic rings. The maximum Gasteiger partial charge on any atom is 0.239 e. The second-order valence-electron chi connectivity index (χ2n) is 4.39. The molecule has 0 aliphatic heterocycles. The van der Waals surface area contributed by atoms with Crippen molar-refractivity contribution in [3.8, 4) is 5.75 Å². The molecule has 0 aliphatic carbocycles. The van der Waals surface area contributed by atoms with Gasteiger partial charge in [0.1, 0.15) is 11.6 Å². The lowest BCUT2D eigenvalue weighted by Crippen LogP contribution is -2.22. The summed E-state index contributed by atoms with van der Waals surface area (Å²) in [5, 5.41) is 5.84. The van der Waals surface area contributed by atoms with E-state index < -0.39 is 0 Å². The molecule has 0 saturated heterocycles. The molecule has 1 heterocycles. The van der Waals surface area contributed by atoms with Crippen LogP contribution in [-0.2, 0) is 11.3 Å². The predicted molar refractivity (Wildman–Crippen MR) is 82.2 cm³/mol. The Morgan fingerprint density at radius 2 is 2.00 bits per heavy atom. The zero-order valence-corrected chi connectivity index (χ0v) is 11.8. The first-order valence-electron chi connectivity index (χ1n) is 6.54. The molecule has 0 bridgehead atoms. The summed E-state index contributed by atoms with van der Waals surface area (Å²) in [7, 11) is 1.64. The Morgan fingerprint density at radius 3 is 2.57 bits per heavy atom. The van der Waals surface area contributed by atoms with Crippen molar-refractivity contribution < 1.29 is 9.53 Å². The molecule has 1 amide bonds. The maximum atomic E-state index is 11.1. The molecule has 1 aromatic heterocycles. The average Bonchev–Trinajstić information content (AvgIpc) is 2.54. The maximum absolute atomic E-state index is 11.1. The van der Waals surface area contributed by atoms with Crippen molar-refractivity contribution in [2.75, 3.05) is 24.3 Å². The fourth-order valence-electron chi connectivity index (χ4n) is 1.71. The highest BCUT2D eigenvalue weighted by Gasteiger charge is 2.00. The van der Waals surface area contributed by atoms with Crippen molar-refractivity contribution >= 4 is 17.4 Å². The van der Waals surface area contributed by atoms with E-state index in [0.29, 0.717) is 12.4 Å². The topological polar surface area (TPSA) is 89.3 Å². The summed E-state index contributed by atoms with van der Waals surface area (Å²) in [6.45, 7) is 0.624. The molecule has 4 N–H and O–H groups in total. The van der Waals surface area contributed by atoms with Crippen LogP contribution in [0.4, 0.5) is 11.5 Å². The molecule has 0 spiro atoms. The number of amides is 1. The molecule has 2 rings (SSSR count). The summed E-state index contributed by atoms with van der Waals surface area (Å²) in [6, 6.07) is 11.4. The molecule has 6 heteroatoms. The van der Waals surface area contributed by atoms with E-state index in [0.717, 1.165) is 17.0 Å². The van der Waals surface area contributed by atoms with Crippen LogP contribution in [0.15, 0.2) is 42.6 Å². The van der Waals surface area contributed by atoms with E-state index in [1.165, 1.54) is 0 Å². The van der Waals surface area contributed by atoms with E-state index in [4.69, 9.17) is 10.5 Å². The van der Waals surface area contributed by atoms with Gasteiger partial charge in [0.15, 0.2) is 0 Å². The van der Waals surface area contributed by atoms with E-state index in [2.05, 4.69) is 15.6 Å². The van der Waals surface area contributed by atoms with Gasteiger partial charge in [-0.05, 0) is 29.8 Å². The Labute approximate surface area is 123 Å². The molecule has 110 valence electrons. The first-order valence-corrected chi connectivity index (χ1v) is 6.54. The van der Waals surface area contributed by atoms with Crippen molar-refractivity contribution in [1.29, 1.82) is 0 Å². The van der Waals surface area contributed by atoms with Crippen LogP contribution in [0.3, 0.4) is 0 Å². The van der Waals surface area contributed by atoms with E-state index in [1.807, 2.05) is 30.3 Å². The number of carbonyl (C=O) groups excluding carboxylic acids is 1. The van der Waals surface area contributed by atoms with Gasteiger partial charge in [0, 0.05) is 6.54 Å².